The Morgan fingerprint density at radius 3 is 1.00 bits per heavy atom. The molecular formula is C18H32N4Si4. The van der Waals surface area contributed by atoms with E-state index in [1.165, 1.54) is 10.4 Å². The smallest absolute Gasteiger partial charge is 0.219 e. The Balaban J connectivity index is 2.02. The predicted molar refractivity (Wildman–Crippen MR) is 123 cm³/mol. The second-order valence-electron chi connectivity index (χ2n) is 8.73. The molecular weight excluding hydrogens is 385 g/mol. The highest BCUT2D eigenvalue weighted by molar-refractivity contribution is 7.11. The highest BCUT2D eigenvalue weighted by Crippen LogP contribution is 2.13. The van der Waals surface area contributed by atoms with Gasteiger partial charge in [0, 0.05) is 0 Å². The van der Waals surface area contributed by atoms with Gasteiger partial charge in [0.15, 0.2) is 16.8 Å². The van der Waals surface area contributed by atoms with Crippen LogP contribution in [-0.2, 0) is 0 Å². The molecule has 2 aromatic carbocycles. The van der Waals surface area contributed by atoms with E-state index in [0.29, 0.717) is 0 Å². The summed E-state index contributed by atoms with van der Waals surface area (Å²) in [5.41, 5.74) is 0. The van der Waals surface area contributed by atoms with Gasteiger partial charge in [-0.1, -0.05) is 60.7 Å². The Bertz CT molecular complexity index is 671. The lowest BCUT2D eigenvalue weighted by Gasteiger charge is -2.51. The van der Waals surface area contributed by atoms with Crippen molar-refractivity contribution < 1.29 is 0 Å². The van der Waals surface area contributed by atoms with Crippen LogP contribution < -0.4 is 29.0 Å². The van der Waals surface area contributed by atoms with Crippen LogP contribution in [0.3, 0.4) is 0 Å². The van der Waals surface area contributed by atoms with Crippen LogP contribution in [0.25, 0.3) is 0 Å². The molecule has 1 saturated heterocycles. The fraction of sp³-hybridized carbons (Fsp3) is 0.333. The van der Waals surface area contributed by atoms with Crippen molar-refractivity contribution in [2.24, 2.45) is 0 Å². The van der Waals surface area contributed by atoms with Crippen molar-refractivity contribution in [1.29, 1.82) is 0 Å². The maximum atomic E-state index is 4.15. The Kier molecular flexibility index (Phi) is 5.32. The van der Waals surface area contributed by atoms with Gasteiger partial charge >= 0.3 is 0 Å². The summed E-state index contributed by atoms with van der Waals surface area (Å²) < 4.78 is 16.6. The van der Waals surface area contributed by atoms with E-state index in [1.807, 2.05) is 0 Å². The van der Waals surface area contributed by atoms with Gasteiger partial charge in [0.2, 0.25) is 16.8 Å². The molecule has 0 unspecified atom stereocenters. The number of nitrogens with one attached hydrogen (secondary N) is 4. The third-order valence-electron chi connectivity index (χ3n) is 4.95. The van der Waals surface area contributed by atoms with Crippen LogP contribution in [0.15, 0.2) is 60.7 Å². The van der Waals surface area contributed by atoms with Gasteiger partial charge in [-0.3, -0.25) is 0 Å². The first kappa shape index (κ1) is 19.9. The lowest BCUT2D eigenvalue weighted by molar-refractivity contribution is 1.06. The van der Waals surface area contributed by atoms with Crippen molar-refractivity contribution in [3.63, 3.8) is 0 Å². The third-order valence-corrected chi connectivity index (χ3v) is 25.9. The standard InChI is InChI=1S/C18H32N4Si4/c1-23(2)19-25(5,17-13-9-7-10-14-17)21-24(3,4)22-26(6,20-23)18-15-11-8-12-16-18/h7-16,19-22H,1-6H3. The first-order valence-electron chi connectivity index (χ1n) is 9.32. The van der Waals surface area contributed by atoms with E-state index in [-0.39, 0.29) is 0 Å². The van der Waals surface area contributed by atoms with Crippen molar-refractivity contribution in [2.45, 2.75) is 39.3 Å². The minimum Gasteiger partial charge on any atom is -0.333 e. The van der Waals surface area contributed by atoms with Gasteiger partial charge in [0.05, 0.1) is 0 Å². The molecule has 4 N–H and O–H groups in total. The topological polar surface area (TPSA) is 48.1 Å². The summed E-state index contributed by atoms with van der Waals surface area (Å²) in [5, 5.41) is 2.85. The molecule has 0 radical (unpaired) electrons. The molecule has 1 fully saturated rings. The average molecular weight is 417 g/mol. The summed E-state index contributed by atoms with van der Waals surface area (Å²) in [6.07, 6.45) is 0. The van der Waals surface area contributed by atoms with Gasteiger partial charge in [0.25, 0.3) is 0 Å². The zero-order valence-corrected chi connectivity index (χ0v) is 20.8. The summed E-state index contributed by atoms with van der Waals surface area (Å²) in [5.74, 6) is 0. The number of hydrogen-bond acceptors (Lipinski definition) is 4. The third kappa shape index (κ3) is 4.34. The Morgan fingerprint density at radius 1 is 0.462 bits per heavy atom. The Labute approximate surface area is 162 Å². The maximum Gasteiger partial charge on any atom is 0.219 e. The summed E-state index contributed by atoms with van der Waals surface area (Å²) in [6.45, 7) is 14.4. The molecule has 0 aliphatic carbocycles. The minimum atomic E-state index is -2.01. The molecule has 0 saturated carbocycles. The molecule has 0 bridgehead atoms. The van der Waals surface area contributed by atoms with Crippen LogP contribution in [-0.4, -0.2) is 33.6 Å². The number of rotatable bonds is 2. The largest absolute Gasteiger partial charge is 0.333 e. The summed E-state index contributed by atoms with van der Waals surface area (Å²) in [4.78, 5) is 0. The van der Waals surface area contributed by atoms with Crippen LogP contribution in [0.5, 0.6) is 0 Å². The van der Waals surface area contributed by atoms with Crippen LogP contribution >= 0.6 is 0 Å². The second kappa shape index (κ2) is 6.95. The van der Waals surface area contributed by atoms with Crippen molar-refractivity contribution in [3.8, 4) is 0 Å². The molecule has 4 nitrogen and oxygen atoms in total. The summed E-state index contributed by atoms with van der Waals surface area (Å²) in [7, 11) is -7.72. The SMILES string of the molecule is C[Si]1(C)N[Si](C)(c2ccccc2)N[Si](C)(C)N[Si](C)(c2ccccc2)N1. The molecule has 3 rings (SSSR count). The van der Waals surface area contributed by atoms with E-state index in [9.17, 15) is 0 Å². The molecule has 1 aliphatic heterocycles. The van der Waals surface area contributed by atoms with Crippen LogP contribution in [0, 0.1) is 0 Å². The normalized spacial score (nSPS) is 31.0. The Morgan fingerprint density at radius 2 is 0.731 bits per heavy atom. The van der Waals surface area contributed by atoms with Crippen LogP contribution in [0.2, 0.25) is 39.3 Å². The van der Waals surface area contributed by atoms with Crippen LogP contribution in [0.1, 0.15) is 0 Å². The second-order valence-corrected chi connectivity index (χ2v) is 24.9. The van der Waals surface area contributed by atoms with Crippen molar-refractivity contribution >= 4 is 44.0 Å². The van der Waals surface area contributed by atoms with Crippen molar-refractivity contribution in [1.82, 2.24) is 18.6 Å². The molecule has 1 aliphatic rings. The highest BCUT2D eigenvalue weighted by atomic mass is 28.5. The van der Waals surface area contributed by atoms with Gasteiger partial charge < -0.3 is 18.6 Å². The molecule has 0 spiro atoms. The van der Waals surface area contributed by atoms with Gasteiger partial charge in [-0.05, 0) is 49.7 Å². The lowest BCUT2D eigenvalue weighted by Crippen LogP contribution is -2.93. The first-order chi connectivity index (χ1) is 12.0. The fourth-order valence-electron chi connectivity index (χ4n) is 4.46. The average Bonchev–Trinajstić information content (AvgIpc) is 2.53. The predicted octanol–water partition coefficient (Wildman–Crippen LogP) is 1.72. The lowest BCUT2D eigenvalue weighted by atomic mass is 10.4. The molecule has 0 aromatic heterocycles. The fourth-order valence-corrected chi connectivity index (χ4v) is 31.7. The summed E-state index contributed by atoms with van der Waals surface area (Å²) >= 11 is 0. The number of hydrogen-bond donors (Lipinski definition) is 4. The molecule has 0 amide bonds. The molecule has 140 valence electrons. The summed E-state index contributed by atoms with van der Waals surface area (Å²) in [6, 6.07) is 21.9. The van der Waals surface area contributed by atoms with Gasteiger partial charge in [-0.2, -0.15) is 0 Å². The van der Waals surface area contributed by atoms with E-state index < -0.39 is 33.6 Å². The number of benzene rings is 2. The van der Waals surface area contributed by atoms with Gasteiger partial charge in [-0.25, -0.2) is 0 Å². The van der Waals surface area contributed by atoms with E-state index in [0.717, 1.165) is 0 Å². The zero-order chi connectivity index (χ0) is 19.1. The highest BCUT2D eigenvalue weighted by Gasteiger charge is 2.50. The molecule has 1 heterocycles. The monoisotopic (exact) mass is 416 g/mol. The van der Waals surface area contributed by atoms with Crippen molar-refractivity contribution in [2.75, 3.05) is 0 Å². The molecule has 26 heavy (non-hydrogen) atoms. The Hall–Kier alpha value is -0.852. The van der Waals surface area contributed by atoms with Crippen molar-refractivity contribution in [3.05, 3.63) is 60.7 Å². The molecule has 8 heteroatoms. The maximum absolute atomic E-state index is 4.15. The van der Waals surface area contributed by atoms with E-state index in [2.05, 4.69) is 119 Å². The van der Waals surface area contributed by atoms with E-state index in [1.54, 1.807) is 0 Å². The van der Waals surface area contributed by atoms with Crippen LogP contribution in [0.4, 0.5) is 0 Å². The van der Waals surface area contributed by atoms with Gasteiger partial charge in [-0.15, -0.1) is 0 Å². The first-order valence-corrected chi connectivity index (χ1v) is 20.3. The quantitative estimate of drug-likeness (QED) is 0.563. The van der Waals surface area contributed by atoms with E-state index in [4.69, 9.17) is 0 Å². The zero-order valence-electron chi connectivity index (χ0n) is 16.8. The molecule has 2 aromatic rings. The van der Waals surface area contributed by atoms with E-state index >= 15 is 0 Å². The van der Waals surface area contributed by atoms with Gasteiger partial charge in [0.1, 0.15) is 0 Å². The minimum absolute atomic E-state index is 1.43. The molecule has 0 atom stereocenters.